The first-order valence-electron chi connectivity index (χ1n) is 10.9. The van der Waals surface area contributed by atoms with Crippen LogP contribution in [0.4, 0.5) is 11.6 Å². The lowest BCUT2D eigenvalue weighted by Gasteiger charge is -2.32. The van der Waals surface area contributed by atoms with Crippen molar-refractivity contribution >= 4 is 17.5 Å². The van der Waals surface area contributed by atoms with Gasteiger partial charge in [-0.1, -0.05) is 24.3 Å². The van der Waals surface area contributed by atoms with Crippen LogP contribution >= 0.6 is 0 Å². The maximum absolute atomic E-state index is 13.0. The summed E-state index contributed by atoms with van der Waals surface area (Å²) in [4.78, 5) is 23.5. The van der Waals surface area contributed by atoms with Crippen LogP contribution in [-0.4, -0.2) is 48.9 Å². The maximum Gasteiger partial charge on any atom is 0.230 e. The number of carbonyl (C=O) groups excluding carboxylic acids is 1. The second kappa shape index (κ2) is 9.15. The van der Waals surface area contributed by atoms with Gasteiger partial charge in [0.25, 0.3) is 0 Å². The molecule has 1 atom stereocenters. The molecule has 0 saturated carbocycles. The van der Waals surface area contributed by atoms with Crippen LogP contribution in [0.1, 0.15) is 18.4 Å². The van der Waals surface area contributed by atoms with Crippen LogP contribution < -0.4 is 10.2 Å². The minimum atomic E-state index is -0.167. The van der Waals surface area contributed by atoms with Crippen LogP contribution in [-0.2, 0) is 4.79 Å². The quantitative estimate of drug-likeness (QED) is 0.508. The van der Waals surface area contributed by atoms with E-state index in [1.54, 1.807) is 23.1 Å². The number of amides is 1. The van der Waals surface area contributed by atoms with E-state index in [0.717, 1.165) is 42.0 Å². The largest absolute Gasteiger partial charge is 0.354 e. The minimum absolute atomic E-state index is 0.0608. The third-order valence-electron chi connectivity index (χ3n) is 5.83. The zero-order chi connectivity index (χ0) is 22.6. The first-order valence-corrected chi connectivity index (χ1v) is 10.9. The van der Waals surface area contributed by atoms with E-state index in [9.17, 15) is 4.79 Å². The lowest BCUT2D eigenvalue weighted by molar-refractivity contribution is -0.120. The molecule has 4 heterocycles. The van der Waals surface area contributed by atoms with E-state index in [1.807, 2.05) is 36.4 Å². The molecular formula is C24H24N8O. The van der Waals surface area contributed by atoms with Crippen LogP contribution in [0.15, 0.2) is 67.3 Å². The lowest BCUT2D eigenvalue weighted by atomic mass is 9.97. The second-order valence-corrected chi connectivity index (χ2v) is 8.08. The number of aromatic nitrogens is 6. The van der Waals surface area contributed by atoms with Crippen LogP contribution in [0.25, 0.3) is 17.1 Å². The molecule has 9 nitrogen and oxygen atoms in total. The molecule has 0 aliphatic carbocycles. The molecule has 3 aromatic heterocycles. The highest BCUT2D eigenvalue weighted by molar-refractivity contribution is 5.92. The number of carbonyl (C=O) groups is 1. The van der Waals surface area contributed by atoms with E-state index in [4.69, 9.17) is 0 Å². The summed E-state index contributed by atoms with van der Waals surface area (Å²) in [6.45, 7) is 3.49. The molecule has 1 aromatic carbocycles. The van der Waals surface area contributed by atoms with Gasteiger partial charge in [0.05, 0.1) is 11.6 Å². The number of benzene rings is 1. The topological polar surface area (TPSA) is 102 Å². The van der Waals surface area contributed by atoms with E-state index in [0.29, 0.717) is 18.2 Å². The minimum Gasteiger partial charge on any atom is -0.354 e. The van der Waals surface area contributed by atoms with Gasteiger partial charge in [-0.2, -0.15) is 5.10 Å². The van der Waals surface area contributed by atoms with Gasteiger partial charge in [0.15, 0.2) is 11.6 Å². The summed E-state index contributed by atoms with van der Waals surface area (Å²) >= 11 is 0. The predicted molar refractivity (Wildman–Crippen MR) is 125 cm³/mol. The highest BCUT2D eigenvalue weighted by atomic mass is 16.2. The maximum atomic E-state index is 13.0. The van der Waals surface area contributed by atoms with Crippen molar-refractivity contribution in [3.05, 3.63) is 72.8 Å². The van der Waals surface area contributed by atoms with E-state index in [-0.39, 0.29) is 11.8 Å². The Labute approximate surface area is 191 Å². The number of anilines is 2. The Morgan fingerprint density at radius 3 is 2.76 bits per heavy atom. The normalized spacial score (nSPS) is 15.9. The van der Waals surface area contributed by atoms with Gasteiger partial charge >= 0.3 is 0 Å². The van der Waals surface area contributed by atoms with Gasteiger partial charge < -0.3 is 10.2 Å². The van der Waals surface area contributed by atoms with E-state index in [1.165, 1.54) is 6.33 Å². The molecule has 33 heavy (non-hydrogen) atoms. The van der Waals surface area contributed by atoms with Gasteiger partial charge in [0.2, 0.25) is 5.91 Å². The van der Waals surface area contributed by atoms with Gasteiger partial charge in [0.1, 0.15) is 12.1 Å². The Morgan fingerprint density at radius 1 is 1.06 bits per heavy atom. The Hall–Kier alpha value is -4.14. The smallest absolute Gasteiger partial charge is 0.230 e. The molecule has 0 bridgehead atoms. The van der Waals surface area contributed by atoms with E-state index >= 15 is 0 Å². The third kappa shape index (κ3) is 4.57. The summed E-state index contributed by atoms with van der Waals surface area (Å²) in [6, 6.07) is 15.6. The van der Waals surface area contributed by atoms with Crippen molar-refractivity contribution in [3.8, 4) is 17.1 Å². The van der Waals surface area contributed by atoms with Crippen LogP contribution in [0.2, 0.25) is 0 Å². The molecule has 1 fully saturated rings. The van der Waals surface area contributed by atoms with Gasteiger partial charge in [-0.15, -0.1) is 10.2 Å². The number of nitrogens with one attached hydrogen (secondary N) is 1. The summed E-state index contributed by atoms with van der Waals surface area (Å²) in [6.07, 6.45) is 6.60. The fourth-order valence-corrected chi connectivity index (χ4v) is 4.07. The summed E-state index contributed by atoms with van der Waals surface area (Å²) in [5, 5.41) is 16.0. The fraction of sp³-hybridized carbons (Fsp3) is 0.250. The molecule has 4 aromatic rings. The molecule has 1 aliphatic heterocycles. The molecule has 1 saturated heterocycles. The fourth-order valence-electron chi connectivity index (χ4n) is 4.07. The first kappa shape index (κ1) is 20.7. The van der Waals surface area contributed by atoms with Gasteiger partial charge in [-0.25, -0.2) is 14.6 Å². The van der Waals surface area contributed by atoms with Crippen molar-refractivity contribution in [2.45, 2.75) is 19.8 Å². The van der Waals surface area contributed by atoms with Crippen LogP contribution in [0, 0.1) is 12.8 Å². The van der Waals surface area contributed by atoms with Crippen molar-refractivity contribution < 1.29 is 4.79 Å². The zero-order valence-corrected chi connectivity index (χ0v) is 18.3. The number of hydrogen-bond donors (Lipinski definition) is 1. The van der Waals surface area contributed by atoms with Crippen molar-refractivity contribution in [2.24, 2.45) is 5.92 Å². The van der Waals surface area contributed by atoms with Crippen LogP contribution in [0.3, 0.4) is 0 Å². The molecule has 1 aliphatic rings. The highest BCUT2D eigenvalue weighted by Gasteiger charge is 2.27. The van der Waals surface area contributed by atoms with Gasteiger partial charge in [-0.05, 0) is 43.5 Å². The molecule has 0 unspecified atom stereocenters. The Morgan fingerprint density at radius 2 is 1.97 bits per heavy atom. The third-order valence-corrected chi connectivity index (χ3v) is 5.83. The van der Waals surface area contributed by atoms with E-state index in [2.05, 4.69) is 48.5 Å². The summed E-state index contributed by atoms with van der Waals surface area (Å²) in [7, 11) is 0. The average Bonchev–Trinajstić information content (AvgIpc) is 3.40. The van der Waals surface area contributed by atoms with Gasteiger partial charge in [0, 0.05) is 37.1 Å². The monoisotopic (exact) mass is 440 g/mol. The lowest BCUT2D eigenvalue weighted by Crippen LogP contribution is -2.41. The van der Waals surface area contributed by atoms with E-state index < -0.39 is 0 Å². The SMILES string of the molecule is Cc1ccccc1-c1ccc(N2CCC[C@H](C(=O)Nc3cc(-n4cccn4)ncn3)C2)nn1. The first-order chi connectivity index (χ1) is 16.2. The Bertz CT molecular complexity index is 1240. The molecule has 166 valence electrons. The standard InChI is InChI=1S/C24H24N8O/c1-17-6-2-3-8-19(17)20-9-10-22(30-29-20)31-12-4-7-18(15-31)24(33)28-21-14-23(26-16-25-21)32-13-5-11-27-32/h2-3,5-6,8-11,13-14,16,18H,4,7,12,15H2,1H3,(H,25,26,28,33)/t18-/m0/s1. The average molecular weight is 441 g/mol. The number of rotatable bonds is 5. The number of nitrogens with zero attached hydrogens (tertiary/aromatic N) is 7. The van der Waals surface area contributed by atoms with Crippen molar-refractivity contribution in [3.63, 3.8) is 0 Å². The molecule has 9 heteroatoms. The van der Waals surface area contributed by atoms with Crippen molar-refractivity contribution in [2.75, 3.05) is 23.3 Å². The predicted octanol–water partition coefficient (Wildman–Crippen LogP) is 3.28. The van der Waals surface area contributed by atoms with Crippen LogP contribution in [0.5, 0.6) is 0 Å². The second-order valence-electron chi connectivity index (χ2n) is 8.08. The molecular weight excluding hydrogens is 416 g/mol. The summed E-state index contributed by atoms with van der Waals surface area (Å²) in [5.41, 5.74) is 3.08. The summed E-state index contributed by atoms with van der Waals surface area (Å²) < 4.78 is 1.62. The molecule has 1 amide bonds. The van der Waals surface area contributed by atoms with Gasteiger partial charge in [-0.3, -0.25) is 4.79 Å². The molecule has 0 radical (unpaired) electrons. The Balaban J connectivity index is 1.26. The number of hydrogen-bond acceptors (Lipinski definition) is 7. The molecule has 1 N–H and O–H groups in total. The number of aryl methyl sites for hydroxylation is 1. The summed E-state index contributed by atoms with van der Waals surface area (Å²) in [5.74, 6) is 1.61. The zero-order valence-electron chi connectivity index (χ0n) is 18.3. The highest BCUT2D eigenvalue weighted by Crippen LogP contribution is 2.25. The van der Waals surface area contributed by atoms with Crippen molar-refractivity contribution in [1.29, 1.82) is 0 Å². The molecule has 0 spiro atoms. The Kier molecular flexibility index (Phi) is 5.75. The number of piperidine rings is 1. The van der Waals surface area contributed by atoms with Crippen molar-refractivity contribution in [1.82, 2.24) is 29.9 Å². The molecule has 5 rings (SSSR count).